The molecule has 1 aliphatic rings. The van der Waals surface area contributed by atoms with E-state index in [9.17, 15) is 9.18 Å². The summed E-state index contributed by atoms with van der Waals surface area (Å²) in [5.74, 6) is 1.31. The van der Waals surface area contributed by atoms with Crippen LogP contribution in [0.3, 0.4) is 0 Å². The number of hydrogen-bond donors (Lipinski definition) is 1. The van der Waals surface area contributed by atoms with Gasteiger partial charge in [0.25, 0.3) is 0 Å². The third kappa shape index (κ3) is 2.77. The summed E-state index contributed by atoms with van der Waals surface area (Å²) in [6, 6.07) is 6.04. The molecule has 1 heterocycles. The van der Waals surface area contributed by atoms with Gasteiger partial charge in [0.05, 0.1) is 7.11 Å². The SMILES string of the molecule is COC(=O)C1(Nc2ccc(F)cc2)CCSCC1. The molecule has 0 radical (unpaired) electrons. The van der Waals surface area contributed by atoms with E-state index in [1.54, 1.807) is 12.1 Å². The highest BCUT2D eigenvalue weighted by Gasteiger charge is 2.40. The number of thioether (sulfide) groups is 1. The fourth-order valence-electron chi connectivity index (χ4n) is 2.10. The van der Waals surface area contributed by atoms with Crippen molar-refractivity contribution in [2.24, 2.45) is 0 Å². The van der Waals surface area contributed by atoms with Gasteiger partial charge in [-0.3, -0.25) is 0 Å². The van der Waals surface area contributed by atoms with Crippen molar-refractivity contribution in [1.82, 2.24) is 0 Å². The second-order valence-corrected chi connectivity index (χ2v) is 5.54. The first-order valence-electron chi connectivity index (χ1n) is 5.86. The quantitative estimate of drug-likeness (QED) is 0.856. The molecule has 0 spiro atoms. The number of esters is 1. The lowest BCUT2D eigenvalue weighted by atomic mass is 9.92. The maximum Gasteiger partial charge on any atom is 0.331 e. The summed E-state index contributed by atoms with van der Waals surface area (Å²) in [5, 5.41) is 3.22. The maximum absolute atomic E-state index is 12.9. The molecule has 5 heteroatoms. The van der Waals surface area contributed by atoms with Gasteiger partial charge in [0.2, 0.25) is 0 Å². The van der Waals surface area contributed by atoms with E-state index in [0.717, 1.165) is 30.0 Å². The molecule has 98 valence electrons. The number of benzene rings is 1. The van der Waals surface area contributed by atoms with Crippen LogP contribution < -0.4 is 5.32 Å². The molecule has 0 saturated carbocycles. The van der Waals surface area contributed by atoms with Crippen LogP contribution in [0.25, 0.3) is 0 Å². The predicted molar refractivity (Wildman–Crippen MR) is 71.3 cm³/mol. The highest BCUT2D eigenvalue weighted by atomic mass is 32.2. The Morgan fingerprint density at radius 1 is 1.33 bits per heavy atom. The number of ether oxygens (including phenoxy) is 1. The third-order valence-electron chi connectivity index (χ3n) is 3.15. The summed E-state index contributed by atoms with van der Waals surface area (Å²) in [4.78, 5) is 12.0. The third-order valence-corrected chi connectivity index (χ3v) is 4.14. The van der Waals surface area contributed by atoms with E-state index in [0.29, 0.717) is 0 Å². The van der Waals surface area contributed by atoms with Gasteiger partial charge in [-0.1, -0.05) is 0 Å². The molecule has 2 rings (SSSR count). The Labute approximate surface area is 110 Å². The zero-order valence-electron chi connectivity index (χ0n) is 10.2. The van der Waals surface area contributed by atoms with Gasteiger partial charge in [0.1, 0.15) is 11.4 Å². The van der Waals surface area contributed by atoms with Gasteiger partial charge >= 0.3 is 5.97 Å². The first-order valence-corrected chi connectivity index (χ1v) is 7.02. The molecular weight excluding hydrogens is 253 g/mol. The minimum Gasteiger partial charge on any atom is -0.467 e. The molecule has 0 amide bonds. The van der Waals surface area contributed by atoms with Crippen molar-refractivity contribution in [2.45, 2.75) is 18.4 Å². The maximum atomic E-state index is 12.9. The van der Waals surface area contributed by atoms with Gasteiger partial charge in [-0.15, -0.1) is 0 Å². The normalized spacial score (nSPS) is 18.1. The largest absolute Gasteiger partial charge is 0.467 e. The average Bonchev–Trinajstić information content (AvgIpc) is 2.41. The van der Waals surface area contributed by atoms with Gasteiger partial charge in [0.15, 0.2) is 0 Å². The van der Waals surface area contributed by atoms with Gasteiger partial charge in [-0.25, -0.2) is 9.18 Å². The van der Waals surface area contributed by atoms with Gasteiger partial charge in [-0.05, 0) is 48.6 Å². The molecule has 0 atom stereocenters. The van der Waals surface area contributed by atoms with Crippen LogP contribution >= 0.6 is 11.8 Å². The zero-order valence-corrected chi connectivity index (χ0v) is 11.1. The molecule has 1 saturated heterocycles. The fourth-order valence-corrected chi connectivity index (χ4v) is 3.29. The second kappa shape index (κ2) is 5.61. The van der Waals surface area contributed by atoms with E-state index in [-0.39, 0.29) is 11.8 Å². The molecule has 0 bridgehead atoms. The Morgan fingerprint density at radius 3 is 2.50 bits per heavy atom. The number of hydrogen-bond acceptors (Lipinski definition) is 4. The molecule has 1 N–H and O–H groups in total. The lowest BCUT2D eigenvalue weighted by Crippen LogP contribution is -2.49. The van der Waals surface area contributed by atoms with Gasteiger partial charge in [-0.2, -0.15) is 11.8 Å². The average molecular weight is 269 g/mol. The fraction of sp³-hybridized carbons (Fsp3) is 0.462. The van der Waals surface area contributed by atoms with Gasteiger partial charge < -0.3 is 10.1 Å². The van der Waals surface area contributed by atoms with Crippen molar-refractivity contribution in [3.05, 3.63) is 30.1 Å². The number of rotatable bonds is 3. The number of nitrogens with one attached hydrogen (secondary N) is 1. The smallest absolute Gasteiger partial charge is 0.331 e. The Morgan fingerprint density at radius 2 is 1.94 bits per heavy atom. The summed E-state index contributed by atoms with van der Waals surface area (Å²) in [6.45, 7) is 0. The Balaban J connectivity index is 2.19. The van der Waals surface area contributed by atoms with Crippen molar-refractivity contribution in [1.29, 1.82) is 0 Å². The molecule has 3 nitrogen and oxygen atoms in total. The standard InChI is InChI=1S/C13H16FNO2S/c1-17-12(16)13(6-8-18-9-7-13)15-11-4-2-10(14)3-5-11/h2-5,15H,6-9H2,1H3. The van der Waals surface area contributed by atoms with E-state index in [1.165, 1.54) is 19.2 Å². The summed E-state index contributed by atoms with van der Waals surface area (Å²) in [5.41, 5.74) is 0.0753. The second-order valence-electron chi connectivity index (χ2n) is 4.32. The van der Waals surface area contributed by atoms with Crippen molar-refractivity contribution in [3.8, 4) is 0 Å². The lowest BCUT2D eigenvalue weighted by Gasteiger charge is -2.35. The van der Waals surface area contributed by atoms with Crippen LogP contribution in [-0.4, -0.2) is 30.1 Å². The van der Waals surface area contributed by atoms with Crippen LogP contribution in [0, 0.1) is 5.82 Å². The monoisotopic (exact) mass is 269 g/mol. The first-order chi connectivity index (χ1) is 8.66. The van der Waals surface area contributed by atoms with Crippen LogP contribution in [0.2, 0.25) is 0 Å². The van der Waals surface area contributed by atoms with Crippen molar-refractivity contribution in [3.63, 3.8) is 0 Å². The summed E-state index contributed by atoms with van der Waals surface area (Å²) < 4.78 is 17.8. The molecule has 1 aromatic rings. The molecule has 1 aliphatic heterocycles. The van der Waals surface area contributed by atoms with Crippen molar-refractivity contribution in [2.75, 3.05) is 23.9 Å². The van der Waals surface area contributed by atoms with Crippen LogP contribution in [0.4, 0.5) is 10.1 Å². The summed E-state index contributed by atoms with van der Waals surface area (Å²) >= 11 is 1.83. The number of carbonyl (C=O) groups is 1. The van der Waals surface area contributed by atoms with Crippen LogP contribution in [0.15, 0.2) is 24.3 Å². The van der Waals surface area contributed by atoms with Gasteiger partial charge in [0, 0.05) is 5.69 Å². The Kier molecular flexibility index (Phi) is 4.11. The highest BCUT2D eigenvalue weighted by Crippen LogP contribution is 2.31. The number of methoxy groups -OCH3 is 1. The molecule has 1 aromatic carbocycles. The molecular formula is C13H16FNO2S. The first kappa shape index (κ1) is 13.2. The van der Waals surface area contributed by atoms with E-state index in [1.807, 2.05) is 11.8 Å². The number of carbonyl (C=O) groups excluding carboxylic acids is 1. The summed E-state index contributed by atoms with van der Waals surface area (Å²) in [7, 11) is 1.40. The minimum atomic E-state index is -0.669. The minimum absolute atomic E-state index is 0.243. The molecule has 0 unspecified atom stereocenters. The molecule has 1 fully saturated rings. The van der Waals surface area contributed by atoms with E-state index in [2.05, 4.69) is 5.32 Å². The lowest BCUT2D eigenvalue weighted by molar-refractivity contribution is -0.146. The zero-order chi connectivity index (χ0) is 13.0. The topological polar surface area (TPSA) is 38.3 Å². The highest BCUT2D eigenvalue weighted by molar-refractivity contribution is 7.99. The van der Waals surface area contributed by atoms with Crippen LogP contribution in [0.1, 0.15) is 12.8 Å². The van der Waals surface area contributed by atoms with Crippen molar-refractivity contribution >= 4 is 23.4 Å². The molecule has 0 aliphatic carbocycles. The van der Waals surface area contributed by atoms with Crippen LogP contribution in [0.5, 0.6) is 0 Å². The molecule has 0 aromatic heterocycles. The number of anilines is 1. The molecule has 18 heavy (non-hydrogen) atoms. The summed E-state index contributed by atoms with van der Waals surface area (Å²) in [6.07, 6.45) is 1.45. The van der Waals surface area contributed by atoms with Crippen molar-refractivity contribution < 1.29 is 13.9 Å². The Bertz CT molecular complexity index is 416. The van der Waals surface area contributed by atoms with E-state index < -0.39 is 5.54 Å². The van der Waals surface area contributed by atoms with Crippen LogP contribution in [-0.2, 0) is 9.53 Å². The van der Waals surface area contributed by atoms with E-state index in [4.69, 9.17) is 4.74 Å². The Hall–Kier alpha value is -1.23. The predicted octanol–water partition coefficient (Wildman–Crippen LogP) is 2.68. The number of halogens is 1. The van der Waals surface area contributed by atoms with E-state index >= 15 is 0 Å².